The molecule has 15 heavy (non-hydrogen) atoms. The van der Waals surface area contributed by atoms with Gasteiger partial charge in [0.15, 0.2) is 0 Å². The molecule has 2 rings (SSSR count). The lowest BCUT2D eigenvalue weighted by Gasteiger charge is -2.10. The van der Waals surface area contributed by atoms with E-state index >= 15 is 0 Å². The Kier molecular flexibility index (Phi) is 4.05. The Morgan fingerprint density at radius 3 is 2.67 bits per heavy atom. The van der Waals surface area contributed by atoms with Crippen LogP contribution in [0.15, 0.2) is 41.8 Å². The number of benzene rings is 1. The van der Waals surface area contributed by atoms with E-state index in [0.29, 0.717) is 0 Å². The first kappa shape index (κ1) is 11.4. The predicted octanol–water partition coefficient (Wildman–Crippen LogP) is 4.88. The highest BCUT2D eigenvalue weighted by Crippen LogP contribution is 2.29. The van der Waals surface area contributed by atoms with Gasteiger partial charge < -0.3 is 0 Å². The molecule has 0 fully saturated rings. The summed E-state index contributed by atoms with van der Waals surface area (Å²) in [5.41, 5.74) is 1.23. The molecule has 1 atom stereocenters. The molecule has 1 aromatic carbocycles. The van der Waals surface area contributed by atoms with Gasteiger partial charge in [-0.25, -0.2) is 0 Å². The Hall–Kier alpha value is -0.0600. The van der Waals surface area contributed by atoms with E-state index in [4.69, 9.17) is 11.6 Å². The molecular formula is C12H10ClIS. The molecule has 0 aliphatic rings. The molecule has 0 amide bonds. The van der Waals surface area contributed by atoms with Crippen molar-refractivity contribution in [2.24, 2.45) is 0 Å². The fourth-order valence-corrected chi connectivity index (χ4v) is 3.59. The number of halogens is 2. The number of alkyl halides is 1. The smallest absolute Gasteiger partial charge is 0.0643 e. The number of thiophene rings is 1. The van der Waals surface area contributed by atoms with Gasteiger partial charge in [-0.3, -0.25) is 0 Å². The maximum atomic E-state index is 6.40. The summed E-state index contributed by atoms with van der Waals surface area (Å²) in [7, 11) is 0. The zero-order chi connectivity index (χ0) is 10.7. The third-order valence-corrected chi connectivity index (χ3v) is 4.47. The monoisotopic (exact) mass is 348 g/mol. The van der Waals surface area contributed by atoms with Crippen LogP contribution >= 0.6 is 45.5 Å². The molecule has 0 N–H and O–H groups in total. The van der Waals surface area contributed by atoms with Gasteiger partial charge in [0.1, 0.15) is 0 Å². The van der Waals surface area contributed by atoms with Crippen molar-refractivity contribution in [3.8, 4) is 0 Å². The van der Waals surface area contributed by atoms with Gasteiger partial charge in [0, 0.05) is 14.9 Å². The summed E-state index contributed by atoms with van der Waals surface area (Å²) in [6.45, 7) is 0. The highest BCUT2D eigenvalue weighted by Gasteiger charge is 2.11. The normalized spacial score (nSPS) is 12.7. The third-order valence-electron chi connectivity index (χ3n) is 2.20. The van der Waals surface area contributed by atoms with Gasteiger partial charge in [-0.2, -0.15) is 0 Å². The van der Waals surface area contributed by atoms with Crippen LogP contribution in [-0.2, 0) is 6.42 Å². The number of hydrogen-bond acceptors (Lipinski definition) is 1. The van der Waals surface area contributed by atoms with Gasteiger partial charge in [0.05, 0.1) is 5.38 Å². The van der Waals surface area contributed by atoms with Gasteiger partial charge >= 0.3 is 0 Å². The fourth-order valence-electron chi connectivity index (χ4n) is 1.44. The SMILES string of the molecule is ClC(Cc1cccs1)c1ccccc1I. The highest BCUT2D eigenvalue weighted by atomic mass is 127. The lowest BCUT2D eigenvalue weighted by atomic mass is 10.1. The van der Waals surface area contributed by atoms with Crippen LogP contribution in [0.1, 0.15) is 15.8 Å². The van der Waals surface area contributed by atoms with Crippen LogP contribution in [0.2, 0.25) is 0 Å². The standard InChI is InChI=1S/C12H10ClIS/c13-11(8-9-4-3-7-15-9)10-5-1-2-6-12(10)14/h1-7,11H,8H2. The lowest BCUT2D eigenvalue weighted by Crippen LogP contribution is -1.96. The Labute approximate surface area is 112 Å². The minimum atomic E-state index is 0.0803. The summed E-state index contributed by atoms with van der Waals surface area (Å²) < 4.78 is 1.24. The Morgan fingerprint density at radius 2 is 2.00 bits per heavy atom. The Bertz CT molecular complexity index is 425. The molecule has 0 bridgehead atoms. The maximum absolute atomic E-state index is 6.40. The second kappa shape index (κ2) is 5.32. The van der Waals surface area contributed by atoms with E-state index in [1.807, 2.05) is 12.1 Å². The first-order valence-electron chi connectivity index (χ1n) is 4.68. The zero-order valence-corrected chi connectivity index (χ0v) is 11.7. The second-order valence-corrected chi connectivity index (χ2v) is 5.99. The summed E-state index contributed by atoms with van der Waals surface area (Å²) in [6.07, 6.45) is 0.916. The lowest BCUT2D eigenvalue weighted by molar-refractivity contribution is 0.931. The van der Waals surface area contributed by atoms with Crippen molar-refractivity contribution in [2.75, 3.05) is 0 Å². The molecule has 2 aromatic rings. The minimum absolute atomic E-state index is 0.0803. The molecule has 0 spiro atoms. The molecule has 0 aliphatic carbocycles. The molecule has 0 radical (unpaired) electrons. The van der Waals surface area contributed by atoms with E-state index in [-0.39, 0.29) is 5.38 Å². The second-order valence-electron chi connectivity index (χ2n) is 3.27. The summed E-state index contributed by atoms with van der Waals surface area (Å²) in [5, 5.41) is 2.17. The molecule has 78 valence electrons. The molecule has 0 saturated heterocycles. The van der Waals surface area contributed by atoms with Crippen molar-refractivity contribution in [1.82, 2.24) is 0 Å². The van der Waals surface area contributed by atoms with Crippen molar-refractivity contribution in [1.29, 1.82) is 0 Å². The van der Waals surface area contributed by atoms with Crippen LogP contribution in [0.5, 0.6) is 0 Å². The summed E-state index contributed by atoms with van der Waals surface area (Å²) in [6, 6.07) is 12.5. The average molecular weight is 349 g/mol. The largest absolute Gasteiger partial charge is 0.149 e. The fraction of sp³-hybridized carbons (Fsp3) is 0.167. The number of hydrogen-bond donors (Lipinski definition) is 0. The van der Waals surface area contributed by atoms with Gasteiger partial charge in [0.25, 0.3) is 0 Å². The molecule has 0 saturated carbocycles. The van der Waals surface area contributed by atoms with E-state index in [9.17, 15) is 0 Å². The molecule has 0 nitrogen and oxygen atoms in total. The van der Waals surface area contributed by atoms with Crippen LogP contribution in [0.25, 0.3) is 0 Å². The van der Waals surface area contributed by atoms with E-state index in [0.717, 1.165) is 6.42 Å². The van der Waals surface area contributed by atoms with E-state index in [2.05, 4.69) is 52.2 Å². The van der Waals surface area contributed by atoms with Crippen LogP contribution in [-0.4, -0.2) is 0 Å². The highest BCUT2D eigenvalue weighted by molar-refractivity contribution is 14.1. The van der Waals surface area contributed by atoms with Crippen molar-refractivity contribution in [3.05, 3.63) is 55.8 Å². The predicted molar refractivity (Wildman–Crippen MR) is 75.8 cm³/mol. The van der Waals surface area contributed by atoms with Gasteiger partial charge in [-0.05, 0) is 45.7 Å². The van der Waals surface area contributed by atoms with Crippen molar-refractivity contribution in [2.45, 2.75) is 11.8 Å². The first-order chi connectivity index (χ1) is 7.27. The summed E-state index contributed by atoms with van der Waals surface area (Å²) >= 11 is 10.5. The molecule has 1 aromatic heterocycles. The third kappa shape index (κ3) is 2.95. The quantitative estimate of drug-likeness (QED) is 0.548. The molecule has 3 heteroatoms. The van der Waals surface area contributed by atoms with Crippen LogP contribution in [0.4, 0.5) is 0 Å². The Morgan fingerprint density at radius 1 is 1.20 bits per heavy atom. The van der Waals surface area contributed by atoms with Crippen molar-refractivity contribution >= 4 is 45.5 Å². The van der Waals surface area contributed by atoms with Crippen molar-refractivity contribution < 1.29 is 0 Å². The zero-order valence-electron chi connectivity index (χ0n) is 7.99. The first-order valence-corrected chi connectivity index (χ1v) is 7.08. The summed E-state index contributed by atoms with van der Waals surface area (Å²) in [5.74, 6) is 0. The van der Waals surface area contributed by atoms with E-state index < -0.39 is 0 Å². The summed E-state index contributed by atoms with van der Waals surface area (Å²) in [4.78, 5) is 1.34. The van der Waals surface area contributed by atoms with Crippen LogP contribution in [0, 0.1) is 3.57 Å². The Balaban J connectivity index is 2.15. The van der Waals surface area contributed by atoms with Gasteiger partial charge in [-0.1, -0.05) is 24.3 Å². The van der Waals surface area contributed by atoms with E-state index in [1.165, 1.54) is 14.0 Å². The molecule has 1 unspecified atom stereocenters. The van der Waals surface area contributed by atoms with Crippen LogP contribution < -0.4 is 0 Å². The molecule has 0 aliphatic heterocycles. The topological polar surface area (TPSA) is 0 Å². The molecular weight excluding hydrogens is 339 g/mol. The average Bonchev–Trinajstić information content (AvgIpc) is 2.71. The number of rotatable bonds is 3. The van der Waals surface area contributed by atoms with Crippen molar-refractivity contribution in [3.63, 3.8) is 0 Å². The maximum Gasteiger partial charge on any atom is 0.0643 e. The van der Waals surface area contributed by atoms with Crippen LogP contribution in [0.3, 0.4) is 0 Å². The van der Waals surface area contributed by atoms with Gasteiger partial charge in [-0.15, -0.1) is 22.9 Å². The van der Waals surface area contributed by atoms with E-state index in [1.54, 1.807) is 11.3 Å². The minimum Gasteiger partial charge on any atom is -0.149 e. The van der Waals surface area contributed by atoms with Gasteiger partial charge in [0.2, 0.25) is 0 Å². The molecule has 1 heterocycles.